The second kappa shape index (κ2) is 16.7. The summed E-state index contributed by atoms with van der Waals surface area (Å²) in [6.07, 6.45) is 14.6. The third-order valence-electron chi connectivity index (χ3n) is 8.48. The Morgan fingerprint density at radius 2 is 1.56 bits per heavy atom. The molecule has 0 saturated carbocycles. The minimum atomic E-state index is -0.323. The lowest BCUT2D eigenvalue weighted by Crippen LogP contribution is -2.55. The van der Waals surface area contributed by atoms with Gasteiger partial charge in [0.1, 0.15) is 6.61 Å². The van der Waals surface area contributed by atoms with Crippen LogP contribution in [0.25, 0.3) is 0 Å². The van der Waals surface area contributed by atoms with Gasteiger partial charge in [-0.3, -0.25) is 4.90 Å². The maximum Gasteiger partial charge on any atom is 0.410 e. The van der Waals surface area contributed by atoms with Crippen molar-refractivity contribution in [3.8, 4) is 0 Å². The maximum atomic E-state index is 13.4. The molecule has 0 radical (unpaired) electrons. The van der Waals surface area contributed by atoms with E-state index in [1.807, 2.05) is 53.4 Å². The van der Waals surface area contributed by atoms with E-state index in [0.29, 0.717) is 6.61 Å². The molecule has 2 aliphatic rings. The number of hydrogen-bond acceptors (Lipinski definition) is 5. The molecule has 41 heavy (non-hydrogen) atoms. The zero-order valence-electron chi connectivity index (χ0n) is 25.0. The summed E-state index contributed by atoms with van der Waals surface area (Å²) in [6.45, 7) is 6.51. The summed E-state index contributed by atoms with van der Waals surface area (Å²) < 4.78 is 23.8. The number of rotatable bonds is 15. The summed E-state index contributed by atoms with van der Waals surface area (Å²) in [7, 11) is 0. The van der Waals surface area contributed by atoms with Gasteiger partial charge in [-0.25, -0.2) is 4.79 Å². The summed E-state index contributed by atoms with van der Waals surface area (Å²) in [5.74, 6) is -0.323. The highest BCUT2D eigenvalue weighted by molar-refractivity contribution is 5.69. The van der Waals surface area contributed by atoms with E-state index in [9.17, 15) is 4.79 Å². The normalized spacial score (nSPS) is 22.3. The Morgan fingerprint density at radius 1 is 0.902 bits per heavy atom. The molecule has 6 heteroatoms. The fourth-order valence-corrected chi connectivity index (χ4v) is 5.99. The number of benzene rings is 2. The topological polar surface area (TPSA) is 57.2 Å². The first-order valence-electron chi connectivity index (χ1n) is 15.7. The molecular weight excluding hydrogens is 514 g/mol. The van der Waals surface area contributed by atoms with Crippen LogP contribution in [0.4, 0.5) is 4.79 Å². The molecule has 0 aromatic heterocycles. The molecule has 0 spiro atoms. The second-order valence-electron chi connectivity index (χ2n) is 11.4. The van der Waals surface area contributed by atoms with Gasteiger partial charge >= 0.3 is 6.09 Å². The summed E-state index contributed by atoms with van der Waals surface area (Å²) in [5.41, 5.74) is 2.14. The smallest absolute Gasteiger partial charge is 0.410 e. The highest BCUT2D eigenvalue weighted by Gasteiger charge is 2.38. The third kappa shape index (κ3) is 9.69. The van der Waals surface area contributed by atoms with E-state index in [0.717, 1.165) is 69.3 Å². The predicted octanol–water partition coefficient (Wildman–Crippen LogP) is 8.20. The number of ether oxygens (including phenoxy) is 4. The van der Waals surface area contributed by atoms with E-state index in [-0.39, 0.29) is 36.7 Å². The SMILES string of the molecule is CCC1(CCCCCC/C=C/C[C@@H]2CC[C@H](OCc3ccccc3)[C@H](C)N2C(=O)OCc2ccccc2)OCCO1. The van der Waals surface area contributed by atoms with Crippen molar-refractivity contribution >= 4 is 6.09 Å². The molecule has 0 unspecified atom stereocenters. The first-order valence-corrected chi connectivity index (χ1v) is 15.7. The van der Waals surface area contributed by atoms with E-state index in [2.05, 4.69) is 38.1 Å². The first-order chi connectivity index (χ1) is 20.1. The van der Waals surface area contributed by atoms with E-state index in [1.54, 1.807) is 0 Å². The van der Waals surface area contributed by atoms with Crippen molar-refractivity contribution in [1.29, 1.82) is 0 Å². The molecule has 1 amide bonds. The summed E-state index contributed by atoms with van der Waals surface area (Å²) >= 11 is 0. The van der Waals surface area contributed by atoms with E-state index in [4.69, 9.17) is 18.9 Å². The van der Waals surface area contributed by atoms with Crippen molar-refractivity contribution in [2.45, 2.75) is 115 Å². The maximum absolute atomic E-state index is 13.4. The Bertz CT molecular complexity index is 1040. The Morgan fingerprint density at radius 3 is 2.24 bits per heavy atom. The molecule has 2 aliphatic heterocycles. The van der Waals surface area contributed by atoms with Gasteiger partial charge in [0.05, 0.1) is 32.0 Å². The summed E-state index contributed by atoms with van der Waals surface area (Å²) in [4.78, 5) is 15.3. The molecule has 0 bridgehead atoms. The minimum absolute atomic E-state index is 0.0217. The van der Waals surface area contributed by atoms with Gasteiger partial charge in [-0.1, -0.05) is 92.6 Å². The van der Waals surface area contributed by atoms with Crippen LogP contribution >= 0.6 is 0 Å². The number of amides is 1. The molecule has 2 aromatic rings. The average Bonchev–Trinajstić information content (AvgIpc) is 3.49. The Hall–Kier alpha value is -2.67. The van der Waals surface area contributed by atoms with Crippen LogP contribution in [0.5, 0.6) is 0 Å². The van der Waals surface area contributed by atoms with Crippen molar-refractivity contribution < 1.29 is 23.7 Å². The molecule has 2 heterocycles. The number of likely N-dealkylation sites (tertiary alicyclic amines) is 1. The number of unbranched alkanes of at least 4 members (excludes halogenated alkanes) is 4. The van der Waals surface area contributed by atoms with Crippen molar-refractivity contribution in [3.05, 3.63) is 83.9 Å². The van der Waals surface area contributed by atoms with Gasteiger partial charge in [0, 0.05) is 12.5 Å². The molecule has 224 valence electrons. The quantitative estimate of drug-likeness (QED) is 0.161. The van der Waals surface area contributed by atoms with Crippen molar-refractivity contribution in [2.24, 2.45) is 0 Å². The van der Waals surface area contributed by atoms with Gasteiger partial charge in [0.25, 0.3) is 0 Å². The van der Waals surface area contributed by atoms with Gasteiger partial charge in [0.2, 0.25) is 0 Å². The van der Waals surface area contributed by atoms with Crippen LogP contribution in [-0.4, -0.2) is 48.2 Å². The Balaban J connectivity index is 1.24. The second-order valence-corrected chi connectivity index (χ2v) is 11.4. The number of carbonyl (C=O) groups is 1. The standard InChI is InChI=1S/C35H49NO5/c1-3-35(40-25-26-41-35)24-16-8-6-4-5-7-15-21-32-22-23-33(38-27-30-17-11-9-12-18-30)29(2)36(32)34(37)39-28-31-19-13-10-14-20-31/h7,9-15,17-20,29,32-33H,3-6,8,16,21-28H2,1-2H3/b15-7+/t29-,32+,33-/m0/s1. The van der Waals surface area contributed by atoms with Crippen LogP contribution in [0.15, 0.2) is 72.8 Å². The number of nitrogens with zero attached hydrogens (tertiary/aromatic N) is 1. The highest BCUT2D eigenvalue weighted by Crippen LogP contribution is 2.30. The predicted molar refractivity (Wildman–Crippen MR) is 162 cm³/mol. The molecule has 2 fully saturated rings. The largest absolute Gasteiger partial charge is 0.445 e. The number of allylic oxidation sites excluding steroid dienone is 1. The van der Waals surface area contributed by atoms with E-state index >= 15 is 0 Å². The lowest BCUT2D eigenvalue weighted by atomic mass is 9.92. The van der Waals surface area contributed by atoms with Crippen LogP contribution in [0, 0.1) is 0 Å². The van der Waals surface area contributed by atoms with Gasteiger partial charge in [0.15, 0.2) is 5.79 Å². The van der Waals surface area contributed by atoms with E-state index < -0.39 is 0 Å². The molecule has 3 atom stereocenters. The van der Waals surface area contributed by atoms with Crippen molar-refractivity contribution in [3.63, 3.8) is 0 Å². The van der Waals surface area contributed by atoms with Gasteiger partial charge < -0.3 is 18.9 Å². The molecule has 0 aliphatic carbocycles. The Kier molecular flexibility index (Phi) is 12.7. The van der Waals surface area contributed by atoms with Gasteiger partial charge in [-0.05, 0) is 63.0 Å². The van der Waals surface area contributed by atoms with Gasteiger partial charge in [-0.2, -0.15) is 0 Å². The molecule has 2 saturated heterocycles. The molecule has 2 aromatic carbocycles. The van der Waals surface area contributed by atoms with Crippen LogP contribution < -0.4 is 0 Å². The monoisotopic (exact) mass is 563 g/mol. The van der Waals surface area contributed by atoms with E-state index in [1.165, 1.54) is 19.3 Å². The fourth-order valence-electron chi connectivity index (χ4n) is 5.99. The first kappa shape index (κ1) is 31.3. The van der Waals surface area contributed by atoms with Gasteiger partial charge in [-0.15, -0.1) is 0 Å². The minimum Gasteiger partial charge on any atom is -0.445 e. The highest BCUT2D eigenvalue weighted by atomic mass is 16.7. The summed E-state index contributed by atoms with van der Waals surface area (Å²) in [5, 5.41) is 0. The molecule has 0 N–H and O–H groups in total. The zero-order valence-corrected chi connectivity index (χ0v) is 25.0. The number of carbonyl (C=O) groups excluding carboxylic acids is 1. The lowest BCUT2D eigenvalue weighted by molar-refractivity contribution is -0.164. The number of piperidine rings is 1. The molecular formula is C35H49NO5. The average molecular weight is 564 g/mol. The van der Waals surface area contributed by atoms with Crippen molar-refractivity contribution in [1.82, 2.24) is 4.90 Å². The third-order valence-corrected chi connectivity index (χ3v) is 8.48. The van der Waals surface area contributed by atoms with Crippen molar-refractivity contribution in [2.75, 3.05) is 13.2 Å². The summed E-state index contributed by atoms with van der Waals surface area (Å²) in [6, 6.07) is 20.1. The van der Waals surface area contributed by atoms with Crippen LogP contribution in [-0.2, 0) is 32.2 Å². The molecule has 6 nitrogen and oxygen atoms in total. The molecule has 4 rings (SSSR count). The van der Waals surface area contributed by atoms with Crippen LogP contribution in [0.1, 0.15) is 89.2 Å². The van der Waals surface area contributed by atoms with Crippen LogP contribution in [0.3, 0.4) is 0 Å². The van der Waals surface area contributed by atoms with Crippen LogP contribution in [0.2, 0.25) is 0 Å². The lowest BCUT2D eigenvalue weighted by Gasteiger charge is -2.43. The fraction of sp³-hybridized carbons (Fsp3) is 0.571. The zero-order chi connectivity index (χ0) is 28.8. The Labute approximate surface area is 247 Å². The number of hydrogen-bond donors (Lipinski definition) is 0.